The Bertz CT molecular complexity index is 473. The van der Waals surface area contributed by atoms with Crippen molar-refractivity contribution in [1.82, 2.24) is 10.2 Å². The highest BCUT2D eigenvalue weighted by Gasteiger charge is 2.21. The molecule has 2 aliphatic heterocycles. The Hall–Kier alpha value is -0.490. The van der Waals surface area contributed by atoms with Crippen LogP contribution >= 0.6 is 28.3 Å². The predicted molar refractivity (Wildman–Crippen MR) is 84.9 cm³/mol. The number of nitrogens with one attached hydrogen (secondary N) is 1. The van der Waals surface area contributed by atoms with Gasteiger partial charge < -0.3 is 14.8 Å². The molecule has 0 bridgehead atoms. The highest BCUT2D eigenvalue weighted by molar-refractivity contribution is 9.10. The van der Waals surface area contributed by atoms with E-state index in [4.69, 9.17) is 9.47 Å². The highest BCUT2D eigenvalue weighted by Crippen LogP contribution is 2.37. The van der Waals surface area contributed by atoms with E-state index in [9.17, 15) is 0 Å². The Morgan fingerprint density at radius 1 is 1.35 bits per heavy atom. The summed E-state index contributed by atoms with van der Waals surface area (Å²) < 4.78 is 11.9. The van der Waals surface area contributed by atoms with Gasteiger partial charge in [-0.05, 0) is 44.1 Å². The number of nitrogens with zero attached hydrogens (tertiary/aromatic N) is 1. The number of rotatable bonds is 3. The van der Waals surface area contributed by atoms with Crippen molar-refractivity contribution >= 4 is 28.3 Å². The highest BCUT2D eigenvalue weighted by atomic mass is 79.9. The minimum absolute atomic E-state index is 0. The molecule has 112 valence electrons. The van der Waals surface area contributed by atoms with Crippen LogP contribution < -0.4 is 14.8 Å². The maximum Gasteiger partial charge on any atom is 0.231 e. The lowest BCUT2D eigenvalue weighted by molar-refractivity contribution is 0.173. The molecule has 1 aromatic carbocycles. The second kappa shape index (κ2) is 6.98. The summed E-state index contributed by atoms with van der Waals surface area (Å²) in [5.41, 5.74) is 1.26. The van der Waals surface area contributed by atoms with Gasteiger partial charge in [0.2, 0.25) is 6.79 Å². The summed E-state index contributed by atoms with van der Waals surface area (Å²) in [6.07, 6.45) is 2.53. The summed E-state index contributed by atoms with van der Waals surface area (Å²) in [4.78, 5) is 2.49. The summed E-state index contributed by atoms with van der Waals surface area (Å²) in [5.74, 6) is 1.70. The molecule has 0 aromatic heterocycles. The Morgan fingerprint density at radius 2 is 2.10 bits per heavy atom. The number of likely N-dealkylation sites (N-methyl/N-ethyl adjacent to an activating group) is 1. The molecule has 0 spiro atoms. The van der Waals surface area contributed by atoms with Crippen molar-refractivity contribution in [1.29, 1.82) is 0 Å². The molecule has 0 amide bonds. The van der Waals surface area contributed by atoms with Crippen LogP contribution in [-0.4, -0.2) is 37.9 Å². The average molecular weight is 364 g/mol. The van der Waals surface area contributed by atoms with Gasteiger partial charge >= 0.3 is 0 Å². The first-order chi connectivity index (χ1) is 9.26. The van der Waals surface area contributed by atoms with Crippen LogP contribution in [0.3, 0.4) is 0 Å². The molecule has 1 unspecified atom stereocenters. The van der Waals surface area contributed by atoms with Crippen molar-refractivity contribution in [3.05, 3.63) is 22.2 Å². The summed E-state index contributed by atoms with van der Waals surface area (Å²) in [5, 5.41) is 3.38. The van der Waals surface area contributed by atoms with Crippen molar-refractivity contribution in [2.24, 2.45) is 0 Å². The normalized spacial score (nSPS) is 21.6. The van der Waals surface area contributed by atoms with Gasteiger partial charge in [-0.2, -0.15) is 0 Å². The van der Waals surface area contributed by atoms with E-state index in [2.05, 4.69) is 32.2 Å². The number of benzene rings is 1. The topological polar surface area (TPSA) is 33.7 Å². The average Bonchev–Trinajstić information content (AvgIpc) is 2.86. The van der Waals surface area contributed by atoms with Gasteiger partial charge in [-0.25, -0.2) is 0 Å². The fourth-order valence-corrected chi connectivity index (χ4v) is 3.20. The van der Waals surface area contributed by atoms with E-state index in [1.807, 2.05) is 13.1 Å². The monoisotopic (exact) mass is 362 g/mol. The van der Waals surface area contributed by atoms with Crippen molar-refractivity contribution in [3.8, 4) is 11.5 Å². The van der Waals surface area contributed by atoms with Crippen LogP contribution in [0, 0.1) is 0 Å². The first kappa shape index (κ1) is 15.9. The third kappa shape index (κ3) is 3.39. The summed E-state index contributed by atoms with van der Waals surface area (Å²) in [7, 11) is 2.05. The van der Waals surface area contributed by atoms with Gasteiger partial charge in [0, 0.05) is 23.6 Å². The van der Waals surface area contributed by atoms with E-state index in [-0.39, 0.29) is 12.4 Å². The quantitative estimate of drug-likeness (QED) is 0.895. The number of fused-ring (bicyclic) bond motifs is 1. The van der Waals surface area contributed by atoms with Crippen LogP contribution in [0.2, 0.25) is 0 Å². The smallest absolute Gasteiger partial charge is 0.231 e. The Labute approximate surface area is 134 Å². The second-order valence-electron chi connectivity index (χ2n) is 5.16. The fourth-order valence-electron chi connectivity index (χ4n) is 2.76. The van der Waals surface area contributed by atoms with Gasteiger partial charge in [-0.3, -0.25) is 4.90 Å². The molecule has 1 saturated heterocycles. The first-order valence-corrected chi connectivity index (χ1v) is 7.53. The van der Waals surface area contributed by atoms with Crippen LogP contribution in [0.1, 0.15) is 18.4 Å². The zero-order valence-electron chi connectivity index (χ0n) is 11.5. The van der Waals surface area contributed by atoms with Crippen molar-refractivity contribution in [2.45, 2.75) is 25.4 Å². The summed E-state index contributed by atoms with van der Waals surface area (Å²) in [6.45, 7) is 3.56. The molecule has 0 aliphatic carbocycles. The number of halogens is 2. The molecule has 2 heterocycles. The number of piperidine rings is 1. The van der Waals surface area contributed by atoms with Crippen LogP contribution in [-0.2, 0) is 6.54 Å². The molecule has 6 heteroatoms. The van der Waals surface area contributed by atoms with Gasteiger partial charge in [-0.15, -0.1) is 12.4 Å². The lowest BCUT2D eigenvalue weighted by Crippen LogP contribution is -2.43. The fraction of sp³-hybridized carbons (Fsp3) is 0.571. The molecule has 3 rings (SSSR count). The molecule has 1 fully saturated rings. The lowest BCUT2D eigenvalue weighted by Gasteiger charge is -2.32. The van der Waals surface area contributed by atoms with Gasteiger partial charge in [0.05, 0.1) is 0 Å². The maximum absolute atomic E-state index is 5.45. The van der Waals surface area contributed by atoms with E-state index < -0.39 is 0 Å². The molecular weight excluding hydrogens is 344 g/mol. The van der Waals surface area contributed by atoms with Gasteiger partial charge in [0.15, 0.2) is 11.5 Å². The zero-order valence-corrected chi connectivity index (χ0v) is 13.9. The number of hydrogen-bond donors (Lipinski definition) is 1. The van der Waals surface area contributed by atoms with E-state index in [1.54, 1.807) is 0 Å². The summed E-state index contributed by atoms with van der Waals surface area (Å²) >= 11 is 3.63. The van der Waals surface area contributed by atoms with Crippen LogP contribution in [0.15, 0.2) is 16.6 Å². The molecule has 0 saturated carbocycles. The maximum atomic E-state index is 5.45. The van der Waals surface area contributed by atoms with Gasteiger partial charge in [0.1, 0.15) is 0 Å². The molecule has 1 N–H and O–H groups in total. The molecular formula is C14H20BrClN2O2. The predicted octanol–water partition coefficient (Wildman–Crippen LogP) is 2.78. The number of ether oxygens (including phenoxy) is 2. The number of likely N-dealkylation sites (tertiary alicyclic amines) is 1. The molecule has 0 radical (unpaired) electrons. The third-order valence-corrected chi connectivity index (χ3v) is 4.59. The standard InChI is InChI=1S/C14H19BrN2O2.ClH/c1-16-11-3-2-4-17(8-11)7-10-5-13-14(6-12(10)15)19-9-18-13;/h5-6,11,16H,2-4,7-9H2,1H3;1H. The minimum Gasteiger partial charge on any atom is -0.454 e. The largest absolute Gasteiger partial charge is 0.454 e. The van der Waals surface area contributed by atoms with Crippen LogP contribution in [0.25, 0.3) is 0 Å². The first-order valence-electron chi connectivity index (χ1n) is 6.74. The van der Waals surface area contributed by atoms with Crippen molar-refractivity contribution in [2.75, 3.05) is 26.9 Å². The SMILES string of the molecule is CNC1CCCN(Cc2cc3c(cc2Br)OCO3)C1.Cl. The molecule has 2 aliphatic rings. The molecule has 4 nitrogen and oxygen atoms in total. The van der Waals surface area contributed by atoms with Crippen molar-refractivity contribution < 1.29 is 9.47 Å². The molecule has 1 atom stereocenters. The Balaban J connectivity index is 0.00000147. The van der Waals surface area contributed by atoms with Gasteiger partial charge in [0.25, 0.3) is 0 Å². The van der Waals surface area contributed by atoms with Crippen LogP contribution in [0.4, 0.5) is 0 Å². The van der Waals surface area contributed by atoms with E-state index in [0.717, 1.165) is 29.1 Å². The van der Waals surface area contributed by atoms with Crippen LogP contribution in [0.5, 0.6) is 11.5 Å². The number of hydrogen-bond acceptors (Lipinski definition) is 4. The molecule has 20 heavy (non-hydrogen) atoms. The van der Waals surface area contributed by atoms with E-state index >= 15 is 0 Å². The third-order valence-electron chi connectivity index (χ3n) is 3.85. The van der Waals surface area contributed by atoms with E-state index in [1.165, 1.54) is 24.9 Å². The Kier molecular flexibility index (Phi) is 5.55. The zero-order chi connectivity index (χ0) is 13.2. The minimum atomic E-state index is 0. The lowest BCUT2D eigenvalue weighted by atomic mass is 10.0. The second-order valence-corrected chi connectivity index (χ2v) is 6.01. The Morgan fingerprint density at radius 3 is 2.85 bits per heavy atom. The molecule has 1 aromatic rings. The van der Waals surface area contributed by atoms with Crippen molar-refractivity contribution in [3.63, 3.8) is 0 Å². The van der Waals surface area contributed by atoms with E-state index in [0.29, 0.717) is 12.8 Å². The van der Waals surface area contributed by atoms with Gasteiger partial charge in [-0.1, -0.05) is 15.9 Å². The summed E-state index contributed by atoms with van der Waals surface area (Å²) in [6, 6.07) is 4.72.